The van der Waals surface area contributed by atoms with Gasteiger partial charge in [0.2, 0.25) is 0 Å². The Bertz CT molecular complexity index is 1240. The van der Waals surface area contributed by atoms with Gasteiger partial charge in [-0.15, -0.1) is 0 Å². The monoisotopic (exact) mass is 667 g/mol. The lowest BCUT2D eigenvalue weighted by atomic mass is 10.0. The smallest absolute Gasteiger partial charge is 0.126 e. The van der Waals surface area contributed by atoms with Crippen molar-refractivity contribution in [2.45, 2.75) is 51.9 Å². The van der Waals surface area contributed by atoms with Gasteiger partial charge >= 0.3 is 0 Å². The zero-order valence-corrected chi connectivity index (χ0v) is 29.0. The average Bonchev–Trinajstić information content (AvgIpc) is 3.01. The van der Waals surface area contributed by atoms with Crippen LogP contribution < -0.4 is 25.4 Å². The molecule has 0 aromatic heterocycles. The van der Waals surface area contributed by atoms with E-state index in [1.807, 2.05) is 0 Å². The first-order valence-electron chi connectivity index (χ1n) is 14.6. The number of methoxy groups -OCH3 is 1. The van der Waals surface area contributed by atoms with Crippen molar-refractivity contribution in [3.63, 3.8) is 0 Å². The lowest BCUT2D eigenvalue weighted by Crippen LogP contribution is -2.32. The fraction of sp³-hybridized carbons (Fsp3) is 0.314. The molecule has 4 rings (SSSR count). The van der Waals surface area contributed by atoms with Crippen LogP contribution in [0.25, 0.3) is 0 Å². The van der Waals surface area contributed by atoms with E-state index in [-0.39, 0.29) is 6.31 Å². The predicted molar refractivity (Wildman–Crippen MR) is 190 cm³/mol. The summed E-state index contributed by atoms with van der Waals surface area (Å²) in [6.07, 6.45) is 6.17. The Morgan fingerprint density at radius 2 is 1.29 bits per heavy atom. The van der Waals surface area contributed by atoms with E-state index in [1.165, 1.54) is 46.3 Å². The van der Waals surface area contributed by atoms with E-state index in [1.54, 1.807) is 7.11 Å². The molecule has 3 unspecified atom stereocenters. The molecule has 0 aliphatic heterocycles. The van der Waals surface area contributed by atoms with Crippen molar-refractivity contribution < 1.29 is 9.47 Å². The number of benzene rings is 4. The average molecular weight is 669 g/mol. The van der Waals surface area contributed by atoms with Crippen molar-refractivity contribution in [3.05, 3.63) is 114 Å². The molecule has 0 amide bonds. The van der Waals surface area contributed by atoms with Crippen molar-refractivity contribution in [2.24, 2.45) is 5.92 Å². The maximum absolute atomic E-state index is 6.81. The van der Waals surface area contributed by atoms with Gasteiger partial charge in [-0.1, -0.05) is 112 Å². The molecular formula is C35H43BrO2P3+. The first-order valence-corrected chi connectivity index (χ1v) is 21.7. The Labute approximate surface area is 259 Å². The van der Waals surface area contributed by atoms with Crippen molar-refractivity contribution in [1.29, 1.82) is 0 Å². The third kappa shape index (κ3) is 8.21. The standard InChI is InChI=1S/C35H43BrO2P3/c1-4-6-16-28(5-2)25-38-35-23-29(26-40(36)39)34(37-3)24-30(35)27-41(31-17-10-7-11-18-31,32-19-12-8-13-20-32)33-21-14-9-15-22-33/h7-15,17-24,28H,4-6,16,25-27,39H2,1-3H3/q+1. The van der Waals surface area contributed by atoms with E-state index in [4.69, 9.17) is 9.47 Å². The van der Waals surface area contributed by atoms with Crippen molar-refractivity contribution in [1.82, 2.24) is 0 Å². The minimum absolute atomic E-state index is 0.388. The van der Waals surface area contributed by atoms with Crippen LogP contribution in [0.1, 0.15) is 50.7 Å². The van der Waals surface area contributed by atoms with Crippen LogP contribution in [-0.4, -0.2) is 13.7 Å². The Hall–Kier alpha value is -1.75. The van der Waals surface area contributed by atoms with Crippen LogP contribution in [0.3, 0.4) is 0 Å². The van der Waals surface area contributed by atoms with Gasteiger partial charge in [0.25, 0.3) is 0 Å². The molecule has 0 fully saturated rings. The van der Waals surface area contributed by atoms with Crippen LogP contribution in [-0.2, 0) is 12.3 Å². The predicted octanol–water partition coefficient (Wildman–Crippen LogP) is 9.87. The third-order valence-electron chi connectivity index (χ3n) is 7.80. The second-order valence-electron chi connectivity index (χ2n) is 10.5. The maximum Gasteiger partial charge on any atom is 0.126 e. The highest BCUT2D eigenvalue weighted by molar-refractivity contribution is 9.44. The van der Waals surface area contributed by atoms with Crippen molar-refractivity contribution in [3.8, 4) is 11.5 Å². The first kappa shape index (κ1) is 32.2. The largest absolute Gasteiger partial charge is 0.496 e. The summed E-state index contributed by atoms with van der Waals surface area (Å²) in [5.41, 5.74) is 2.40. The van der Waals surface area contributed by atoms with Crippen LogP contribution in [0.2, 0.25) is 0 Å². The molecule has 0 heterocycles. The Balaban J connectivity index is 1.91. The molecule has 2 nitrogen and oxygen atoms in total. The SMILES string of the molecule is CCCCC(CC)COc1cc(CP(P)Br)c(OC)cc1C[P+](c1ccccc1)(c1ccccc1)c1ccccc1. The molecule has 0 N–H and O–H groups in total. The fourth-order valence-corrected chi connectivity index (χ4v) is 11.7. The van der Waals surface area contributed by atoms with E-state index in [0.29, 0.717) is 5.92 Å². The minimum Gasteiger partial charge on any atom is -0.496 e. The highest BCUT2D eigenvalue weighted by atomic mass is 79.9. The van der Waals surface area contributed by atoms with Crippen molar-refractivity contribution >= 4 is 53.9 Å². The molecule has 0 saturated carbocycles. The van der Waals surface area contributed by atoms with E-state index < -0.39 is 7.26 Å². The van der Waals surface area contributed by atoms with E-state index in [2.05, 4.69) is 141 Å². The molecule has 0 bridgehead atoms. The zero-order valence-electron chi connectivity index (χ0n) is 24.5. The highest BCUT2D eigenvalue weighted by Crippen LogP contribution is 2.60. The zero-order chi connectivity index (χ0) is 29.1. The van der Waals surface area contributed by atoms with Gasteiger partial charge < -0.3 is 9.47 Å². The third-order valence-corrected chi connectivity index (χ3v) is 14.1. The van der Waals surface area contributed by atoms with Gasteiger partial charge in [-0.25, -0.2) is 0 Å². The second kappa shape index (κ2) is 16.2. The summed E-state index contributed by atoms with van der Waals surface area (Å²) in [6.45, 7) is 5.29. The summed E-state index contributed by atoms with van der Waals surface area (Å²) < 4.78 is 12.8. The van der Waals surface area contributed by atoms with Gasteiger partial charge in [0.15, 0.2) is 0 Å². The van der Waals surface area contributed by atoms with E-state index in [9.17, 15) is 0 Å². The molecule has 41 heavy (non-hydrogen) atoms. The van der Waals surface area contributed by atoms with Gasteiger partial charge in [0, 0.05) is 17.3 Å². The molecule has 3 atom stereocenters. The number of hydrogen-bond donors (Lipinski definition) is 0. The van der Waals surface area contributed by atoms with Crippen LogP contribution in [0.4, 0.5) is 0 Å². The number of rotatable bonds is 15. The number of hydrogen-bond acceptors (Lipinski definition) is 2. The molecule has 0 aliphatic rings. The molecule has 0 aliphatic carbocycles. The Morgan fingerprint density at radius 1 is 0.780 bits per heavy atom. The summed E-state index contributed by atoms with van der Waals surface area (Å²) in [5.74, 6) is 2.49. The number of halogens is 1. The number of unbranched alkanes of at least 4 members (excludes halogenated alkanes) is 1. The van der Waals surface area contributed by atoms with Gasteiger partial charge in [0.1, 0.15) is 40.8 Å². The second-order valence-corrected chi connectivity index (χ2v) is 22.0. The molecule has 6 heteroatoms. The van der Waals surface area contributed by atoms with Gasteiger partial charge in [-0.05, 0) is 67.2 Å². The Kier molecular flexibility index (Phi) is 12.7. The molecule has 0 saturated heterocycles. The highest BCUT2D eigenvalue weighted by Gasteiger charge is 2.46. The fourth-order valence-electron chi connectivity index (χ4n) is 5.51. The van der Waals surface area contributed by atoms with Crippen LogP contribution in [0.15, 0.2) is 103 Å². The summed E-state index contributed by atoms with van der Waals surface area (Å²) >= 11 is 3.80. The van der Waals surface area contributed by atoms with E-state index in [0.717, 1.165) is 36.9 Å². The molecule has 216 valence electrons. The van der Waals surface area contributed by atoms with Crippen LogP contribution in [0.5, 0.6) is 11.5 Å². The topological polar surface area (TPSA) is 18.5 Å². The lowest BCUT2D eigenvalue weighted by Gasteiger charge is -2.29. The summed E-state index contributed by atoms with van der Waals surface area (Å²) in [5, 5.41) is 4.11. The van der Waals surface area contributed by atoms with Crippen molar-refractivity contribution in [2.75, 3.05) is 13.7 Å². The summed E-state index contributed by atoms with van der Waals surface area (Å²) in [4.78, 5) is 0. The summed E-state index contributed by atoms with van der Waals surface area (Å²) in [7, 11) is 2.61. The quantitative estimate of drug-likeness (QED) is 0.118. The molecule has 0 radical (unpaired) electrons. The van der Waals surface area contributed by atoms with Gasteiger partial charge in [-0.3, -0.25) is 0 Å². The molecule has 4 aromatic rings. The minimum atomic E-state index is -2.09. The van der Waals surface area contributed by atoms with E-state index >= 15 is 0 Å². The van der Waals surface area contributed by atoms with Crippen LogP contribution >= 0.6 is 38.0 Å². The molecule has 4 aromatic carbocycles. The molecular weight excluding hydrogens is 625 g/mol. The van der Waals surface area contributed by atoms with Gasteiger partial charge in [0.05, 0.1) is 13.7 Å². The van der Waals surface area contributed by atoms with Gasteiger partial charge in [-0.2, -0.15) is 0 Å². The van der Waals surface area contributed by atoms with Crippen LogP contribution in [0, 0.1) is 5.92 Å². The summed E-state index contributed by atoms with van der Waals surface area (Å²) in [6, 6.07) is 37.8. The maximum atomic E-state index is 6.81. The lowest BCUT2D eigenvalue weighted by molar-refractivity contribution is 0.231. The number of ether oxygens (including phenoxy) is 2. The Morgan fingerprint density at radius 3 is 1.73 bits per heavy atom. The first-order chi connectivity index (χ1) is 20.0. The normalized spacial score (nSPS) is 13.0. The molecule has 0 spiro atoms.